The van der Waals surface area contributed by atoms with Crippen molar-refractivity contribution in [1.29, 1.82) is 0 Å². The van der Waals surface area contributed by atoms with Crippen LogP contribution in [0.15, 0.2) is 91.1 Å². The van der Waals surface area contributed by atoms with E-state index in [0.717, 1.165) is 5.56 Å². The number of fused-ring (bicyclic) bond motifs is 17. The van der Waals surface area contributed by atoms with E-state index < -0.39 is 65.8 Å². The smallest absolute Gasteiger partial charge is 0.274 e. The Morgan fingerprint density at radius 1 is 0.833 bits per heavy atom. The van der Waals surface area contributed by atoms with Crippen LogP contribution in [-0.2, 0) is 32.0 Å². The predicted octanol–water partition coefficient (Wildman–Crippen LogP) is 1.24. The van der Waals surface area contributed by atoms with Crippen molar-refractivity contribution in [2.24, 2.45) is 5.92 Å². The summed E-state index contributed by atoms with van der Waals surface area (Å²) in [6.45, 7) is 6.36. The number of rotatable bonds is 7. The van der Waals surface area contributed by atoms with Crippen LogP contribution >= 0.6 is 0 Å². The van der Waals surface area contributed by atoms with Crippen molar-refractivity contribution in [1.82, 2.24) is 41.6 Å². The van der Waals surface area contributed by atoms with Gasteiger partial charge in [0.25, 0.3) is 5.91 Å². The van der Waals surface area contributed by atoms with Crippen LogP contribution in [0.3, 0.4) is 0 Å². The van der Waals surface area contributed by atoms with Crippen LogP contribution in [-0.4, -0.2) is 92.6 Å². The zero-order valence-electron chi connectivity index (χ0n) is 30.6. The number of aliphatic hydroxyl groups is 1. The Kier molecular flexibility index (Phi) is 13.1. The molecule has 0 spiro atoms. The number of aliphatic hydroxyl groups excluding tert-OH is 1. The molecule has 0 saturated carbocycles. The predicted molar refractivity (Wildman–Crippen MR) is 198 cm³/mol. The second-order valence-corrected chi connectivity index (χ2v) is 13.7. The van der Waals surface area contributed by atoms with Gasteiger partial charge in [-0.2, -0.15) is 0 Å². The molecule has 2 bridgehead atoms. The lowest BCUT2D eigenvalue weighted by Gasteiger charge is -2.29. The number of aromatic nitrogens is 3. The summed E-state index contributed by atoms with van der Waals surface area (Å²) in [5.41, 5.74) is 2.28. The summed E-state index contributed by atoms with van der Waals surface area (Å²) in [5, 5.41) is 32.1. The maximum Gasteiger partial charge on any atom is 0.274 e. The molecule has 0 fully saturated rings. The minimum absolute atomic E-state index is 0.0288. The number of nitrogens with one attached hydrogen (secondary N) is 5. The van der Waals surface area contributed by atoms with E-state index in [-0.39, 0.29) is 24.6 Å². The minimum atomic E-state index is -1.46. The third kappa shape index (κ3) is 10.5. The molecule has 15 nitrogen and oxygen atoms in total. The third-order valence-corrected chi connectivity index (χ3v) is 8.92. The number of hydrogen-bond donors (Lipinski definition) is 6. The minimum Gasteiger partial charge on any atom is -0.491 e. The molecule has 2 aliphatic heterocycles. The first-order valence-electron chi connectivity index (χ1n) is 17.8. The number of benzene rings is 3. The van der Waals surface area contributed by atoms with Gasteiger partial charge in [-0.15, -0.1) is 5.10 Å². The standard InChI is InChI=1S/C39H46N8O7/c1-23(2)33-38(52)41-28(19-26-11-7-5-8-12-26)22-54-30-17-15-27(16-18-30)20-31(36(50)40-24(3)35(49)44-34(25(4)48)39(53)43-33)42-37(51)32-21-47(46-45-32)29-13-9-6-10-14-29/h5-18,21,23-25,28,31,33-34,48H,19-20,22H2,1-4H3,(H,40,50)(H,41,52)(H,42,51)(H,43,53)(H,44,49)/t24-,25-,28+,31+,33-,34+/m1/s1. The average molecular weight is 739 g/mol. The third-order valence-electron chi connectivity index (χ3n) is 8.92. The van der Waals surface area contributed by atoms with Gasteiger partial charge in [0.1, 0.15) is 36.5 Å². The number of ether oxygens (including phenoxy) is 1. The average Bonchev–Trinajstić information content (AvgIpc) is 3.66. The molecule has 6 atom stereocenters. The molecule has 0 saturated heterocycles. The number of carbonyl (C=O) groups excluding carboxylic acids is 5. The molecule has 15 heteroatoms. The lowest BCUT2D eigenvalue weighted by Crippen LogP contribution is -2.61. The summed E-state index contributed by atoms with van der Waals surface area (Å²) < 4.78 is 7.56. The van der Waals surface area contributed by atoms with Gasteiger partial charge in [0.15, 0.2) is 5.69 Å². The van der Waals surface area contributed by atoms with Crippen LogP contribution in [0.2, 0.25) is 0 Å². The van der Waals surface area contributed by atoms with E-state index in [0.29, 0.717) is 23.4 Å². The van der Waals surface area contributed by atoms with Gasteiger partial charge >= 0.3 is 0 Å². The van der Waals surface area contributed by atoms with Crippen LogP contribution in [0.25, 0.3) is 5.69 Å². The summed E-state index contributed by atoms with van der Waals surface area (Å²) >= 11 is 0. The molecule has 3 aromatic carbocycles. The van der Waals surface area contributed by atoms with Gasteiger partial charge in [-0.3, -0.25) is 24.0 Å². The van der Waals surface area contributed by atoms with Crippen molar-refractivity contribution in [2.75, 3.05) is 6.61 Å². The number of carbonyl (C=O) groups is 5. The first-order valence-corrected chi connectivity index (χ1v) is 17.8. The van der Waals surface area contributed by atoms with Crippen LogP contribution in [0.5, 0.6) is 5.75 Å². The van der Waals surface area contributed by atoms with Crippen LogP contribution in [0.1, 0.15) is 49.3 Å². The topological polar surface area (TPSA) is 206 Å². The number of nitrogens with zero attached hydrogens (tertiary/aromatic N) is 3. The van der Waals surface area contributed by atoms with Gasteiger partial charge < -0.3 is 36.4 Å². The SMILES string of the molecule is CC(C)[C@H]1NC(=O)[C@H]([C@@H](C)O)NC(=O)[C@@H](C)NC(=O)[C@@H](NC(=O)c2cn(-c3ccccc3)nn2)Cc2ccc(cc2)OC[C@H](Cc2ccccc2)NC1=O. The Morgan fingerprint density at radius 2 is 1.46 bits per heavy atom. The monoisotopic (exact) mass is 738 g/mol. The van der Waals surface area contributed by atoms with Crippen molar-refractivity contribution < 1.29 is 33.8 Å². The van der Waals surface area contributed by atoms with E-state index in [9.17, 15) is 29.1 Å². The Labute approximate surface area is 313 Å². The van der Waals surface area contributed by atoms with E-state index in [4.69, 9.17) is 4.74 Å². The molecule has 6 rings (SSSR count). The second-order valence-electron chi connectivity index (χ2n) is 13.7. The van der Waals surface area contributed by atoms with E-state index in [2.05, 4.69) is 36.9 Å². The molecule has 0 aliphatic carbocycles. The van der Waals surface area contributed by atoms with Crippen LogP contribution in [0, 0.1) is 5.92 Å². The summed E-state index contributed by atoms with van der Waals surface area (Å²) in [4.78, 5) is 67.7. The summed E-state index contributed by atoms with van der Waals surface area (Å²) in [5.74, 6) is -3.23. The van der Waals surface area contributed by atoms with Gasteiger partial charge in [-0.05, 0) is 61.6 Å². The highest BCUT2D eigenvalue weighted by atomic mass is 16.5. The molecule has 2 aliphatic rings. The summed E-state index contributed by atoms with van der Waals surface area (Å²) in [6.07, 6.45) is 0.545. The maximum absolute atomic E-state index is 13.7. The fourth-order valence-corrected chi connectivity index (χ4v) is 5.85. The van der Waals surface area contributed by atoms with E-state index >= 15 is 0 Å². The highest BCUT2D eigenvalue weighted by Crippen LogP contribution is 2.16. The highest BCUT2D eigenvalue weighted by Gasteiger charge is 2.34. The fourth-order valence-electron chi connectivity index (χ4n) is 5.85. The lowest BCUT2D eigenvalue weighted by atomic mass is 10.0. The number of amides is 5. The molecule has 3 heterocycles. The molecular weight excluding hydrogens is 692 g/mol. The van der Waals surface area contributed by atoms with Crippen molar-refractivity contribution in [2.45, 2.75) is 76.8 Å². The summed E-state index contributed by atoms with van der Waals surface area (Å²) in [7, 11) is 0. The molecule has 54 heavy (non-hydrogen) atoms. The zero-order chi connectivity index (χ0) is 38.8. The normalized spacial score (nSPS) is 22.2. The Morgan fingerprint density at radius 3 is 2.11 bits per heavy atom. The number of para-hydroxylation sites is 1. The van der Waals surface area contributed by atoms with Gasteiger partial charge in [0.05, 0.1) is 24.0 Å². The van der Waals surface area contributed by atoms with Gasteiger partial charge in [-0.1, -0.05) is 79.7 Å². The fraction of sp³-hybridized carbons (Fsp3) is 0.359. The molecule has 0 unspecified atom stereocenters. The van der Waals surface area contributed by atoms with E-state index in [1.54, 1.807) is 50.2 Å². The number of hydrogen-bond acceptors (Lipinski definition) is 9. The maximum atomic E-state index is 13.7. The molecule has 4 aromatic rings. The summed E-state index contributed by atoms with van der Waals surface area (Å²) in [6, 6.07) is 20.3. The quantitative estimate of drug-likeness (QED) is 0.151. The molecule has 1 aromatic heterocycles. The van der Waals surface area contributed by atoms with Crippen molar-refractivity contribution >= 4 is 29.5 Å². The molecule has 284 valence electrons. The first-order chi connectivity index (χ1) is 25.9. The largest absolute Gasteiger partial charge is 0.491 e. The highest BCUT2D eigenvalue weighted by molar-refractivity contribution is 5.98. The van der Waals surface area contributed by atoms with Crippen molar-refractivity contribution in [3.63, 3.8) is 0 Å². The van der Waals surface area contributed by atoms with E-state index in [1.807, 2.05) is 48.5 Å². The first kappa shape index (κ1) is 39.1. The van der Waals surface area contributed by atoms with Gasteiger partial charge in [0.2, 0.25) is 23.6 Å². The second kappa shape index (κ2) is 18.1. The Balaban J connectivity index is 1.43. The molecule has 5 amide bonds. The molecular formula is C39H46N8O7. The lowest BCUT2D eigenvalue weighted by molar-refractivity contribution is -0.136. The molecule has 6 N–H and O–H groups in total. The van der Waals surface area contributed by atoms with E-state index in [1.165, 1.54) is 24.7 Å². The van der Waals surface area contributed by atoms with Crippen molar-refractivity contribution in [3.8, 4) is 11.4 Å². The van der Waals surface area contributed by atoms with Gasteiger partial charge in [0, 0.05) is 6.42 Å². The Bertz CT molecular complexity index is 1900. The Hall–Kier alpha value is -6.09. The molecule has 0 radical (unpaired) electrons. The van der Waals surface area contributed by atoms with Gasteiger partial charge in [-0.25, -0.2) is 4.68 Å². The zero-order valence-corrected chi connectivity index (χ0v) is 30.6. The van der Waals surface area contributed by atoms with Crippen molar-refractivity contribution in [3.05, 3.63) is 108 Å². The van der Waals surface area contributed by atoms with Crippen LogP contribution in [0.4, 0.5) is 0 Å². The van der Waals surface area contributed by atoms with Crippen LogP contribution < -0.4 is 31.3 Å².